The zero-order chi connectivity index (χ0) is 25.1. The molecule has 4 N–H and O–H groups in total. The van der Waals surface area contributed by atoms with Gasteiger partial charge in [-0.1, -0.05) is 54.6 Å². The van der Waals surface area contributed by atoms with Gasteiger partial charge in [0.1, 0.15) is 6.23 Å². The number of amides is 1. The molecule has 0 spiro atoms. The van der Waals surface area contributed by atoms with Crippen molar-refractivity contribution in [1.29, 1.82) is 5.26 Å². The van der Waals surface area contributed by atoms with Gasteiger partial charge in [0.05, 0.1) is 23.6 Å². The molecule has 5 rings (SSSR count). The number of aliphatic hydroxyl groups is 1. The van der Waals surface area contributed by atoms with Crippen molar-refractivity contribution in [3.05, 3.63) is 71.9 Å². The van der Waals surface area contributed by atoms with Gasteiger partial charge in [0, 0.05) is 31.7 Å². The highest BCUT2D eigenvalue weighted by Gasteiger charge is 2.39. The van der Waals surface area contributed by atoms with Crippen molar-refractivity contribution >= 4 is 11.7 Å². The van der Waals surface area contributed by atoms with E-state index in [1.807, 2.05) is 18.2 Å². The molecular weight excluding hydrogens is 452 g/mol. The summed E-state index contributed by atoms with van der Waals surface area (Å²) < 4.78 is 1.76. The van der Waals surface area contributed by atoms with Crippen LogP contribution in [0.4, 0.5) is 5.82 Å². The quantitative estimate of drug-likeness (QED) is 0.419. The fourth-order valence-corrected chi connectivity index (χ4v) is 4.96. The fraction of sp³-hybridized carbons (Fsp3) is 0.393. The number of nitrogens with one attached hydrogen (secondary N) is 1. The van der Waals surface area contributed by atoms with Gasteiger partial charge in [0.15, 0.2) is 5.82 Å². The topological polar surface area (TPSA) is 120 Å². The average Bonchev–Trinajstić information content (AvgIpc) is 3.66. The number of benzene rings is 2. The highest BCUT2D eigenvalue weighted by atomic mass is 16.3. The normalized spacial score (nSPS) is 18.4. The van der Waals surface area contributed by atoms with E-state index in [9.17, 15) is 15.2 Å². The third-order valence-corrected chi connectivity index (χ3v) is 7.40. The molecule has 1 atom stereocenters. The van der Waals surface area contributed by atoms with Crippen molar-refractivity contribution in [2.24, 2.45) is 11.7 Å². The van der Waals surface area contributed by atoms with Gasteiger partial charge in [-0.15, -0.1) is 0 Å². The van der Waals surface area contributed by atoms with E-state index in [0.29, 0.717) is 17.8 Å². The number of likely N-dealkylation sites (tertiary alicyclic amines) is 1. The van der Waals surface area contributed by atoms with Crippen LogP contribution in [0.25, 0.3) is 11.1 Å². The molecule has 2 heterocycles. The zero-order valence-electron chi connectivity index (χ0n) is 20.3. The summed E-state index contributed by atoms with van der Waals surface area (Å²) >= 11 is 0. The number of nitrogens with zero attached hydrogens (tertiary/aromatic N) is 4. The number of anilines is 1. The molecule has 0 radical (unpaired) electrons. The number of hydrogen-bond donors (Lipinski definition) is 3. The van der Waals surface area contributed by atoms with E-state index in [0.717, 1.165) is 45.3 Å². The minimum absolute atomic E-state index is 0.0102. The van der Waals surface area contributed by atoms with E-state index in [4.69, 9.17) is 5.73 Å². The molecule has 2 aliphatic rings. The lowest BCUT2D eigenvalue weighted by atomic mass is 9.84. The first-order valence-electron chi connectivity index (χ1n) is 12.6. The van der Waals surface area contributed by atoms with Gasteiger partial charge in [-0.05, 0) is 42.4 Å². The lowest BCUT2D eigenvalue weighted by molar-refractivity contribution is -0.117. The Morgan fingerprint density at radius 3 is 2.42 bits per heavy atom. The van der Waals surface area contributed by atoms with Crippen LogP contribution >= 0.6 is 0 Å². The summed E-state index contributed by atoms with van der Waals surface area (Å²) in [7, 11) is 0. The Balaban J connectivity index is 1.27. The highest BCUT2D eigenvalue weighted by Crippen LogP contribution is 2.36. The van der Waals surface area contributed by atoms with Crippen LogP contribution in [0.3, 0.4) is 0 Å². The molecule has 1 aliphatic heterocycles. The van der Waals surface area contributed by atoms with Crippen LogP contribution in [-0.4, -0.2) is 38.8 Å². The van der Waals surface area contributed by atoms with Gasteiger partial charge < -0.3 is 16.2 Å². The van der Waals surface area contributed by atoms with Crippen molar-refractivity contribution < 1.29 is 9.90 Å². The van der Waals surface area contributed by atoms with E-state index in [2.05, 4.69) is 57.8 Å². The Labute approximate surface area is 211 Å². The first-order chi connectivity index (χ1) is 17.5. The molecule has 2 fully saturated rings. The molecular formula is C28H32N6O2. The van der Waals surface area contributed by atoms with E-state index >= 15 is 0 Å². The SMILES string of the molecule is N#CCC1(n2cc(C(N)O)c(NC(=O)C3CC3)n2)CCN(Cc2ccc(-c3ccccc3)cc2)CC1. The van der Waals surface area contributed by atoms with Gasteiger partial charge >= 0.3 is 0 Å². The van der Waals surface area contributed by atoms with Gasteiger partial charge in [-0.25, -0.2) is 0 Å². The molecule has 1 aliphatic carbocycles. The van der Waals surface area contributed by atoms with Crippen LogP contribution in [0.15, 0.2) is 60.8 Å². The Bertz CT molecular complexity index is 1230. The van der Waals surface area contributed by atoms with Crippen LogP contribution < -0.4 is 11.1 Å². The van der Waals surface area contributed by atoms with Crippen molar-refractivity contribution in [2.75, 3.05) is 18.4 Å². The number of carbonyl (C=O) groups excluding carboxylic acids is 1. The van der Waals surface area contributed by atoms with Gasteiger partial charge in [-0.2, -0.15) is 10.4 Å². The van der Waals surface area contributed by atoms with Gasteiger partial charge in [0.2, 0.25) is 5.91 Å². The maximum Gasteiger partial charge on any atom is 0.228 e. The largest absolute Gasteiger partial charge is 0.374 e. The molecule has 2 aromatic carbocycles. The summed E-state index contributed by atoms with van der Waals surface area (Å²) in [6, 6.07) is 21.3. The van der Waals surface area contributed by atoms with Gasteiger partial charge in [-0.3, -0.25) is 14.4 Å². The monoisotopic (exact) mass is 484 g/mol. The van der Waals surface area contributed by atoms with Crippen LogP contribution in [0, 0.1) is 17.2 Å². The summed E-state index contributed by atoms with van der Waals surface area (Å²) in [6.45, 7) is 2.46. The van der Waals surface area contributed by atoms with Crippen LogP contribution in [-0.2, 0) is 16.9 Å². The molecule has 1 aromatic heterocycles. The summed E-state index contributed by atoms with van der Waals surface area (Å²) in [5.74, 6) is 0.209. The van der Waals surface area contributed by atoms with E-state index in [1.54, 1.807) is 10.9 Å². The van der Waals surface area contributed by atoms with Crippen molar-refractivity contribution in [3.63, 3.8) is 0 Å². The second kappa shape index (κ2) is 10.2. The maximum absolute atomic E-state index is 12.3. The number of nitrogens with two attached hydrogens (primary N) is 1. The highest BCUT2D eigenvalue weighted by molar-refractivity contribution is 5.93. The van der Waals surface area contributed by atoms with E-state index in [1.165, 1.54) is 16.7 Å². The molecule has 8 nitrogen and oxygen atoms in total. The van der Waals surface area contributed by atoms with Crippen molar-refractivity contribution in [3.8, 4) is 17.2 Å². The van der Waals surface area contributed by atoms with Crippen molar-refractivity contribution in [1.82, 2.24) is 14.7 Å². The third kappa shape index (κ3) is 5.19. The van der Waals surface area contributed by atoms with Crippen LogP contribution in [0.5, 0.6) is 0 Å². The van der Waals surface area contributed by atoms with Crippen LogP contribution in [0.1, 0.15) is 49.5 Å². The predicted octanol–water partition coefficient (Wildman–Crippen LogP) is 3.75. The minimum atomic E-state index is -1.26. The number of rotatable bonds is 8. The Kier molecular flexibility index (Phi) is 6.88. The number of aliphatic hydroxyl groups excluding tert-OH is 1. The van der Waals surface area contributed by atoms with Crippen LogP contribution in [0.2, 0.25) is 0 Å². The smallest absolute Gasteiger partial charge is 0.228 e. The first kappa shape index (κ1) is 24.2. The fourth-order valence-electron chi connectivity index (χ4n) is 4.96. The molecule has 1 amide bonds. The Hall–Kier alpha value is -3.51. The Morgan fingerprint density at radius 2 is 1.81 bits per heavy atom. The molecule has 1 saturated carbocycles. The van der Waals surface area contributed by atoms with E-state index in [-0.39, 0.29) is 11.8 Å². The molecule has 1 unspecified atom stereocenters. The number of nitriles is 1. The maximum atomic E-state index is 12.3. The Morgan fingerprint density at radius 1 is 1.14 bits per heavy atom. The molecule has 1 saturated heterocycles. The lowest BCUT2D eigenvalue weighted by Gasteiger charge is -2.40. The first-order valence-corrected chi connectivity index (χ1v) is 12.6. The lowest BCUT2D eigenvalue weighted by Crippen LogP contribution is -2.46. The van der Waals surface area contributed by atoms with Gasteiger partial charge in [0.25, 0.3) is 0 Å². The molecule has 3 aromatic rings. The second-order valence-corrected chi connectivity index (χ2v) is 9.98. The number of carbonyl (C=O) groups is 1. The summed E-state index contributed by atoms with van der Waals surface area (Å²) in [5.41, 5.74) is 9.30. The van der Waals surface area contributed by atoms with E-state index < -0.39 is 11.8 Å². The minimum Gasteiger partial charge on any atom is -0.374 e. The third-order valence-electron chi connectivity index (χ3n) is 7.40. The molecule has 8 heteroatoms. The summed E-state index contributed by atoms with van der Waals surface area (Å²) in [6.07, 6.45) is 3.95. The average molecular weight is 485 g/mol. The second-order valence-electron chi connectivity index (χ2n) is 9.98. The standard InChI is InChI=1S/C28H32N6O2/c29-15-12-28(34-19-24(25(30)35)26(32-34)31-27(36)23-10-11-23)13-16-33(17-14-28)18-20-6-8-22(9-7-20)21-4-2-1-3-5-21/h1-9,19,23,25,35H,10-14,16-18,30H2,(H,31,32,36). The molecule has 186 valence electrons. The number of hydrogen-bond acceptors (Lipinski definition) is 6. The number of piperidine rings is 1. The molecule has 0 bridgehead atoms. The number of aromatic nitrogens is 2. The predicted molar refractivity (Wildman–Crippen MR) is 137 cm³/mol. The van der Waals surface area contributed by atoms with Crippen molar-refractivity contribution in [2.45, 2.75) is 50.4 Å². The summed E-state index contributed by atoms with van der Waals surface area (Å²) in [4.78, 5) is 14.7. The molecule has 36 heavy (non-hydrogen) atoms. The summed E-state index contributed by atoms with van der Waals surface area (Å²) in [5, 5.41) is 27.2. The zero-order valence-corrected chi connectivity index (χ0v) is 20.3.